The number of anilines is 2. The van der Waals surface area contributed by atoms with Crippen molar-refractivity contribution in [3.8, 4) is 0 Å². The maximum absolute atomic E-state index is 13.2. The number of benzene rings is 3. The number of hydrogen-bond acceptors (Lipinski definition) is 4. The Balaban J connectivity index is 1.51. The Labute approximate surface area is 207 Å². The molecule has 0 saturated carbocycles. The smallest absolute Gasteiger partial charge is 0.261 e. The van der Waals surface area contributed by atoms with Gasteiger partial charge in [-0.05, 0) is 78.4 Å². The number of aryl methyl sites for hydroxylation is 2. The first kappa shape index (κ1) is 23.4. The van der Waals surface area contributed by atoms with Crippen LogP contribution in [-0.2, 0) is 14.8 Å². The molecule has 5 nitrogen and oxygen atoms in total. The largest absolute Gasteiger partial charge is 0.378 e. The van der Waals surface area contributed by atoms with Gasteiger partial charge in [0.1, 0.15) is 0 Å². The molecular weight excluding hydrogens is 456 g/mol. The number of ether oxygens (including phenoxy) is 1. The van der Waals surface area contributed by atoms with E-state index in [0.717, 1.165) is 45.5 Å². The predicted octanol–water partition coefficient (Wildman–Crippen LogP) is 6.63. The van der Waals surface area contributed by atoms with Crippen molar-refractivity contribution in [2.75, 3.05) is 16.6 Å². The maximum atomic E-state index is 13.2. The summed E-state index contributed by atoms with van der Waals surface area (Å²) in [5, 5.41) is 3.68. The Bertz CT molecular complexity index is 1430. The molecule has 3 aromatic carbocycles. The van der Waals surface area contributed by atoms with Gasteiger partial charge < -0.3 is 10.1 Å². The van der Waals surface area contributed by atoms with E-state index in [1.165, 1.54) is 0 Å². The molecule has 1 saturated heterocycles. The molecule has 0 amide bonds. The van der Waals surface area contributed by atoms with E-state index in [4.69, 9.17) is 4.74 Å². The molecule has 1 fully saturated rings. The SMILES string of the molecule is C=Cc1cccc(C2Nc3ccc(S(=O)(=O)Nc4ccc(C)c(C)c4)cc3[C@H]3OCC[C@@H]23)c1C=C. The Kier molecular flexibility index (Phi) is 6.03. The van der Waals surface area contributed by atoms with Crippen LogP contribution in [0.1, 0.15) is 51.9 Å². The summed E-state index contributed by atoms with van der Waals surface area (Å²) in [6, 6.07) is 17.0. The van der Waals surface area contributed by atoms with Crippen LogP contribution in [0.15, 0.2) is 72.7 Å². The number of rotatable bonds is 6. The first-order chi connectivity index (χ1) is 16.8. The van der Waals surface area contributed by atoms with Crippen molar-refractivity contribution >= 4 is 33.6 Å². The van der Waals surface area contributed by atoms with Gasteiger partial charge in [-0.25, -0.2) is 8.42 Å². The van der Waals surface area contributed by atoms with Crippen LogP contribution >= 0.6 is 0 Å². The molecule has 2 aliphatic rings. The van der Waals surface area contributed by atoms with Crippen molar-refractivity contribution in [1.82, 2.24) is 0 Å². The molecule has 5 rings (SSSR count). The molecule has 2 aliphatic heterocycles. The molecule has 180 valence electrons. The van der Waals surface area contributed by atoms with E-state index in [9.17, 15) is 8.42 Å². The van der Waals surface area contributed by atoms with Crippen LogP contribution in [0.3, 0.4) is 0 Å². The molecule has 6 heteroatoms. The van der Waals surface area contributed by atoms with Crippen molar-refractivity contribution in [3.05, 3.63) is 101 Å². The van der Waals surface area contributed by atoms with Crippen molar-refractivity contribution in [1.29, 1.82) is 0 Å². The predicted molar refractivity (Wildman–Crippen MR) is 143 cm³/mol. The normalized spacial score (nSPS) is 20.9. The molecule has 3 atom stereocenters. The summed E-state index contributed by atoms with van der Waals surface area (Å²) in [5.74, 6) is 0.173. The lowest BCUT2D eigenvalue weighted by Gasteiger charge is -2.37. The summed E-state index contributed by atoms with van der Waals surface area (Å²) >= 11 is 0. The highest BCUT2D eigenvalue weighted by atomic mass is 32.2. The van der Waals surface area contributed by atoms with E-state index in [2.05, 4.69) is 29.3 Å². The van der Waals surface area contributed by atoms with Crippen molar-refractivity contribution in [2.24, 2.45) is 5.92 Å². The van der Waals surface area contributed by atoms with Gasteiger partial charge in [0, 0.05) is 29.5 Å². The second-order valence-electron chi connectivity index (χ2n) is 9.28. The van der Waals surface area contributed by atoms with Gasteiger partial charge in [-0.3, -0.25) is 4.72 Å². The zero-order chi connectivity index (χ0) is 24.7. The van der Waals surface area contributed by atoms with Gasteiger partial charge >= 0.3 is 0 Å². The topological polar surface area (TPSA) is 67.4 Å². The van der Waals surface area contributed by atoms with E-state index < -0.39 is 10.0 Å². The van der Waals surface area contributed by atoms with Gasteiger partial charge in [0.15, 0.2) is 0 Å². The second-order valence-corrected chi connectivity index (χ2v) is 11.0. The van der Waals surface area contributed by atoms with Gasteiger partial charge in [-0.1, -0.05) is 49.6 Å². The highest BCUT2D eigenvalue weighted by molar-refractivity contribution is 7.92. The molecule has 2 N–H and O–H groups in total. The maximum Gasteiger partial charge on any atom is 0.261 e. The van der Waals surface area contributed by atoms with Crippen LogP contribution in [0.5, 0.6) is 0 Å². The fraction of sp³-hybridized carbons (Fsp3) is 0.241. The first-order valence-electron chi connectivity index (χ1n) is 11.8. The van der Waals surface area contributed by atoms with Gasteiger partial charge in [0.2, 0.25) is 0 Å². The summed E-state index contributed by atoms with van der Waals surface area (Å²) in [6.07, 6.45) is 4.43. The summed E-state index contributed by atoms with van der Waals surface area (Å²) in [6.45, 7) is 12.6. The zero-order valence-corrected chi connectivity index (χ0v) is 20.9. The standard InChI is InChI=1S/C29H30N2O3S/c1-5-20-8-7-9-24(23(20)6-2)28-25-14-15-34-29(25)26-17-22(12-13-27(26)30-28)35(32,33)31-21-11-10-18(3)19(4)16-21/h5-13,16-17,25,28-31H,1-2,14-15H2,3-4H3/t25-,28?,29-/m0/s1. The van der Waals surface area contributed by atoms with Crippen LogP contribution in [-0.4, -0.2) is 15.0 Å². The summed E-state index contributed by atoms with van der Waals surface area (Å²) in [7, 11) is -3.75. The molecule has 0 aliphatic carbocycles. The third-order valence-electron chi connectivity index (χ3n) is 7.21. The quantitative estimate of drug-likeness (QED) is 0.410. The van der Waals surface area contributed by atoms with Crippen molar-refractivity contribution in [3.63, 3.8) is 0 Å². The van der Waals surface area contributed by atoms with E-state index in [1.807, 2.05) is 56.3 Å². The number of hydrogen-bond donors (Lipinski definition) is 2. The Morgan fingerprint density at radius 2 is 1.83 bits per heavy atom. The highest BCUT2D eigenvalue weighted by Crippen LogP contribution is 2.51. The fourth-order valence-corrected chi connectivity index (χ4v) is 6.32. The highest BCUT2D eigenvalue weighted by Gasteiger charge is 2.42. The molecular formula is C29H30N2O3S. The number of sulfonamides is 1. The third-order valence-corrected chi connectivity index (χ3v) is 8.59. The number of fused-ring (bicyclic) bond motifs is 3. The molecule has 0 bridgehead atoms. The lowest BCUT2D eigenvalue weighted by atomic mass is 9.79. The first-order valence-corrected chi connectivity index (χ1v) is 13.3. The van der Waals surface area contributed by atoms with E-state index in [-0.39, 0.29) is 23.0 Å². The van der Waals surface area contributed by atoms with Crippen molar-refractivity contribution in [2.45, 2.75) is 37.3 Å². The van der Waals surface area contributed by atoms with Crippen LogP contribution in [0.2, 0.25) is 0 Å². The molecule has 2 heterocycles. The Hall–Kier alpha value is -3.35. The lowest BCUT2D eigenvalue weighted by molar-refractivity contribution is 0.0827. The summed E-state index contributed by atoms with van der Waals surface area (Å²) in [4.78, 5) is 0.226. The Morgan fingerprint density at radius 1 is 1.00 bits per heavy atom. The molecule has 0 radical (unpaired) electrons. The van der Waals surface area contributed by atoms with Crippen LogP contribution < -0.4 is 10.0 Å². The van der Waals surface area contributed by atoms with Gasteiger partial charge in [-0.2, -0.15) is 0 Å². The van der Waals surface area contributed by atoms with Crippen LogP contribution in [0.25, 0.3) is 12.2 Å². The minimum absolute atomic E-state index is 0.0269. The summed E-state index contributed by atoms with van der Waals surface area (Å²) in [5.41, 5.74) is 7.73. The minimum atomic E-state index is -3.75. The van der Waals surface area contributed by atoms with E-state index in [0.29, 0.717) is 12.3 Å². The molecule has 0 spiro atoms. The average Bonchev–Trinajstić information content (AvgIpc) is 3.35. The van der Waals surface area contributed by atoms with Crippen LogP contribution in [0, 0.1) is 19.8 Å². The Morgan fingerprint density at radius 3 is 2.57 bits per heavy atom. The van der Waals surface area contributed by atoms with Gasteiger partial charge in [0.05, 0.1) is 17.0 Å². The fourth-order valence-electron chi connectivity index (χ4n) is 5.23. The molecule has 0 aromatic heterocycles. The monoisotopic (exact) mass is 486 g/mol. The van der Waals surface area contributed by atoms with E-state index in [1.54, 1.807) is 18.2 Å². The average molecular weight is 487 g/mol. The lowest BCUT2D eigenvalue weighted by Crippen LogP contribution is -2.30. The minimum Gasteiger partial charge on any atom is -0.378 e. The molecule has 3 aromatic rings. The van der Waals surface area contributed by atoms with Crippen LogP contribution in [0.4, 0.5) is 11.4 Å². The third kappa shape index (κ3) is 4.17. The molecule has 35 heavy (non-hydrogen) atoms. The van der Waals surface area contributed by atoms with Gasteiger partial charge in [0.25, 0.3) is 10.0 Å². The molecule has 1 unspecified atom stereocenters. The van der Waals surface area contributed by atoms with E-state index >= 15 is 0 Å². The zero-order valence-electron chi connectivity index (χ0n) is 20.0. The van der Waals surface area contributed by atoms with Gasteiger partial charge in [-0.15, -0.1) is 0 Å². The van der Waals surface area contributed by atoms with Crippen molar-refractivity contribution < 1.29 is 13.2 Å². The second kappa shape index (κ2) is 9.02. The number of nitrogens with one attached hydrogen (secondary N) is 2. The summed E-state index contributed by atoms with van der Waals surface area (Å²) < 4.78 is 35.3.